The van der Waals surface area contributed by atoms with Crippen LogP contribution in [-0.2, 0) is 5.60 Å². The number of para-hydroxylation sites is 1. The van der Waals surface area contributed by atoms with Crippen LogP contribution in [0.2, 0.25) is 0 Å². The Hall–Kier alpha value is -2.50. The number of ether oxygens (including phenoxy) is 3. The van der Waals surface area contributed by atoms with Crippen molar-refractivity contribution in [2.24, 2.45) is 0 Å². The largest absolute Gasteiger partial charge is 0.481 e. The van der Waals surface area contributed by atoms with Gasteiger partial charge >= 0.3 is 0 Å². The van der Waals surface area contributed by atoms with Crippen LogP contribution in [0.5, 0.6) is 17.4 Å². The molecule has 2 aromatic carbocycles. The fourth-order valence-electron chi connectivity index (χ4n) is 5.17. The molecule has 10 heteroatoms. The Labute approximate surface area is 251 Å². The summed E-state index contributed by atoms with van der Waals surface area (Å²) in [6.07, 6.45) is 4.42. The van der Waals surface area contributed by atoms with Gasteiger partial charge in [0.1, 0.15) is 5.60 Å². The highest BCUT2D eigenvalue weighted by Crippen LogP contribution is 2.52. The molecule has 0 amide bonds. The Morgan fingerprint density at radius 1 is 1.02 bits per heavy atom. The van der Waals surface area contributed by atoms with Gasteiger partial charge in [-0.3, -0.25) is 0 Å². The van der Waals surface area contributed by atoms with Crippen LogP contribution >= 0.6 is 39.5 Å². The van der Waals surface area contributed by atoms with Gasteiger partial charge in [-0.15, -0.1) is 23.5 Å². The van der Waals surface area contributed by atoms with Crippen LogP contribution in [0, 0.1) is 0 Å². The molecule has 5 rings (SSSR count). The first-order chi connectivity index (χ1) is 19.3. The van der Waals surface area contributed by atoms with Crippen LogP contribution in [0.3, 0.4) is 0 Å². The Bertz CT molecular complexity index is 1510. The summed E-state index contributed by atoms with van der Waals surface area (Å²) in [4.78, 5) is 11.7. The fraction of sp³-hybridized carbons (Fsp3) is 0.333. The third-order valence-corrected chi connectivity index (χ3v) is 8.87. The molecule has 0 fully saturated rings. The summed E-state index contributed by atoms with van der Waals surface area (Å²) in [5, 5.41) is 15.8. The average molecular weight is 643 g/mol. The zero-order valence-corrected chi connectivity index (χ0v) is 26.3. The second kappa shape index (κ2) is 12.2. The Balaban J connectivity index is 1.85. The van der Waals surface area contributed by atoms with E-state index in [0.29, 0.717) is 30.3 Å². The highest BCUT2D eigenvalue weighted by Gasteiger charge is 2.45. The van der Waals surface area contributed by atoms with Crippen molar-refractivity contribution >= 4 is 50.4 Å². The molecule has 0 radical (unpaired) electrons. The van der Waals surface area contributed by atoms with E-state index in [4.69, 9.17) is 24.2 Å². The second-order valence-electron chi connectivity index (χ2n) is 9.86. The monoisotopic (exact) mass is 641 g/mol. The zero-order valence-electron chi connectivity index (χ0n) is 23.1. The molecule has 3 heterocycles. The number of benzene rings is 2. The van der Waals surface area contributed by atoms with Gasteiger partial charge < -0.3 is 24.2 Å². The highest BCUT2D eigenvalue weighted by atomic mass is 79.9. The Morgan fingerprint density at radius 2 is 1.77 bits per heavy atom. The lowest BCUT2D eigenvalue weighted by Gasteiger charge is -2.39. The molecular formula is C30H32BrN3O4S2. The summed E-state index contributed by atoms with van der Waals surface area (Å²) in [5.41, 5.74) is 1.74. The first-order valence-corrected chi connectivity index (χ1v) is 16.0. The molecule has 7 nitrogen and oxygen atoms in total. The molecule has 0 unspecified atom stereocenters. The molecule has 0 spiro atoms. The SMILES string of the molecule is COc1nc2ccc(Br)cc2cc1[C@@H](c1cccc2c1OCO2)[C@@](O)(CCN(C)C)c1cc(SC)nc(SC)c1. The Morgan fingerprint density at radius 3 is 2.45 bits per heavy atom. The van der Waals surface area contributed by atoms with Crippen molar-refractivity contribution in [2.75, 3.05) is 47.1 Å². The summed E-state index contributed by atoms with van der Waals surface area (Å²) in [6.45, 7) is 0.761. The first-order valence-electron chi connectivity index (χ1n) is 12.8. The second-order valence-corrected chi connectivity index (χ2v) is 12.4. The van der Waals surface area contributed by atoms with E-state index in [1.807, 2.05) is 75.1 Å². The number of hydrogen-bond donors (Lipinski definition) is 1. The van der Waals surface area contributed by atoms with Gasteiger partial charge in [0.2, 0.25) is 12.7 Å². The smallest absolute Gasteiger partial charge is 0.231 e. The van der Waals surface area contributed by atoms with E-state index >= 15 is 0 Å². The van der Waals surface area contributed by atoms with E-state index < -0.39 is 11.5 Å². The van der Waals surface area contributed by atoms with Gasteiger partial charge in [0.25, 0.3) is 0 Å². The van der Waals surface area contributed by atoms with Crippen LogP contribution in [0.15, 0.2) is 69.1 Å². The molecule has 0 saturated heterocycles. The van der Waals surface area contributed by atoms with Crippen molar-refractivity contribution in [3.05, 3.63) is 75.8 Å². The van der Waals surface area contributed by atoms with Crippen LogP contribution in [0.25, 0.3) is 10.9 Å². The van der Waals surface area contributed by atoms with Crippen LogP contribution < -0.4 is 14.2 Å². The van der Waals surface area contributed by atoms with E-state index in [2.05, 4.69) is 26.9 Å². The number of pyridine rings is 2. The minimum Gasteiger partial charge on any atom is -0.481 e. The molecule has 0 aliphatic carbocycles. The van der Waals surface area contributed by atoms with Crippen molar-refractivity contribution in [3.8, 4) is 17.4 Å². The van der Waals surface area contributed by atoms with E-state index in [9.17, 15) is 5.11 Å². The number of rotatable bonds is 10. The van der Waals surface area contributed by atoms with Gasteiger partial charge in [-0.2, -0.15) is 0 Å². The quantitative estimate of drug-likeness (QED) is 0.194. The summed E-state index contributed by atoms with van der Waals surface area (Å²) in [5.74, 6) is 1.11. The number of aromatic nitrogens is 2. The summed E-state index contributed by atoms with van der Waals surface area (Å²) in [6, 6.07) is 17.8. The lowest BCUT2D eigenvalue weighted by atomic mass is 9.71. The third kappa shape index (κ3) is 5.65. The van der Waals surface area contributed by atoms with Crippen LogP contribution in [-0.4, -0.2) is 67.0 Å². The predicted molar refractivity (Wildman–Crippen MR) is 165 cm³/mol. The van der Waals surface area contributed by atoms with Gasteiger partial charge in [-0.25, -0.2) is 9.97 Å². The molecule has 1 aliphatic rings. The zero-order chi connectivity index (χ0) is 28.4. The van der Waals surface area contributed by atoms with Gasteiger partial charge in [0.05, 0.1) is 28.6 Å². The molecule has 2 aromatic heterocycles. The minimum absolute atomic E-state index is 0.123. The van der Waals surface area contributed by atoms with Crippen LogP contribution in [0.4, 0.5) is 0 Å². The minimum atomic E-state index is -1.39. The normalized spacial score (nSPS) is 14.9. The van der Waals surface area contributed by atoms with Crippen molar-refractivity contribution in [3.63, 3.8) is 0 Å². The summed E-state index contributed by atoms with van der Waals surface area (Å²) < 4.78 is 18.7. The predicted octanol–water partition coefficient (Wildman–Crippen LogP) is 6.54. The van der Waals surface area contributed by atoms with E-state index in [-0.39, 0.29) is 6.79 Å². The van der Waals surface area contributed by atoms with Crippen molar-refractivity contribution in [2.45, 2.75) is 28.0 Å². The number of thioether (sulfide) groups is 2. The maximum absolute atomic E-state index is 13.2. The molecule has 40 heavy (non-hydrogen) atoms. The lowest BCUT2D eigenvalue weighted by Crippen LogP contribution is -2.38. The summed E-state index contributed by atoms with van der Waals surface area (Å²) in [7, 11) is 5.64. The number of nitrogens with zero attached hydrogens (tertiary/aromatic N) is 3. The average Bonchev–Trinajstić information content (AvgIpc) is 3.45. The topological polar surface area (TPSA) is 76.9 Å². The number of aliphatic hydroxyl groups is 1. The van der Waals surface area contributed by atoms with Crippen LogP contribution in [0.1, 0.15) is 29.0 Å². The van der Waals surface area contributed by atoms with Gasteiger partial charge in [0, 0.05) is 27.5 Å². The Kier molecular flexibility index (Phi) is 8.82. The summed E-state index contributed by atoms with van der Waals surface area (Å²) >= 11 is 6.71. The molecule has 0 saturated carbocycles. The molecule has 4 aromatic rings. The standard InChI is InChI=1S/C30H32BrN3O4S2/c1-34(2)12-11-30(35,19-15-25(39-4)33-26(16-19)40-5)27(21-7-6-8-24-28(21)38-17-37-24)22-14-18-13-20(31)9-10-23(18)32-29(22)36-3/h6-10,13-16,27,35H,11-12,17H2,1-5H3/t27-,30-/m1/s1. The maximum Gasteiger partial charge on any atom is 0.231 e. The number of fused-ring (bicyclic) bond motifs is 2. The lowest BCUT2D eigenvalue weighted by molar-refractivity contribution is 0.00259. The van der Waals surface area contributed by atoms with E-state index in [0.717, 1.165) is 42.1 Å². The van der Waals surface area contributed by atoms with Gasteiger partial charge in [-0.1, -0.05) is 28.1 Å². The molecule has 0 bridgehead atoms. The number of methoxy groups -OCH3 is 1. The molecule has 1 aliphatic heterocycles. The first kappa shape index (κ1) is 29.0. The molecule has 210 valence electrons. The maximum atomic E-state index is 13.2. The number of hydrogen-bond acceptors (Lipinski definition) is 9. The fourth-order valence-corrected chi connectivity index (χ4v) is 6.47. The molecule has 2 atom stereocenters. The van der Waals surface area contributed by atoms with Gasteiger partial charge in [-0.05, 0) is 81.1 Å². The third-order valence-electron chi connectivity index (χ3n) is 7.13. The molecular weight excluding hydrogens is 610 g/mol. The van der Waals surface area contributed by atoms with Crippen molar-refractivity contribution < 1.29 is 19.3 Å². The van der Waals surface area contributed by atoms with Crippen molar-refractivity contribution in [1.82, 2.24) is 14.9 Å². The van der Waals surface area contributed by atoms with Crippen molar-refractivity contribution in [1.29, 1.82) is 0 Å². The van der Waals surface area contributed by atoms with E-state index in [1.165, 1.54) is 0 Å². The molecule has 1 N–H and O–H groups in total. The van der Waals surface area contributed by atoms with E-state index in [1.54, 1.807) is 30.6 Å². The van der Waals surface area contributed by atoms with Gasteiger partial charge in [0.15, 0.2) is 11.5 Å². The highest BCUT2D eigenvalue weighted by molar-refractivity contribution is 9.10. The number of halogens is 1.